The van der Waals surface area contributed by atoms with Crippen LogP contribution in [0.15, 0.2) is 47.4 Å². The minimum atomic E-state index is -3.89. The summed E-state index contributed by atoms with van der Waals surface area (Å²) in [6.07, 6.45) is 1.59. The number of rotatable bonds is 8. The van der Waals surface area contributed by atoms with Crippen molar-refractivity contribution in [3.8, 4) is 5.75 Å². The van der Waals surface area contributed by atoms with Crippen molar-refractivity contribution >= 4 is 31.7 Å². The van der Waals surface area contributed by atoms with Crippen molar-refractivity contribution in [1.29, 1.82) is 0 Å². The highest BCUT2D eigenvalue weighted by atomic mass is 32.2. The Bertz CT molecular complexity index is 1150. The van der Waals surface area contributed by atoms with Gasteiger partial charge < -0.3 is 9.47 Å². The van der Waals surface area contributed by atoms with Gasteiger partial charge in [-0.15, -0.1) is 0 Å². The SMILES string of the molecule is COC(=O)c1ccc(CS(=O)(=O)Nc2cc(S(=O)(=O)N3CCCC3)ccc2OC)cc1. The van der Waals surface area contributed by atoms with Crippen LogP contribution in [0.4, 0.5) is 5.69 Å². The molecule has 0 spiro atoms. The van der Waals surface area contributed by atoms with E-state index >= 15 is 0 Å². The van der Waals surface area contributed by atoms with Gasteiger partial charge in [-0.25, -0.2) is 21.6 Å². The van der Waals surface area contributed by atoms with E-state index in [2.05, 4.69) is 9.46 Å². The Morgan fingerprint density at radius 2 is 1.65 bits per heavy atom. The normalized spacial score (nSPS) is 14.9. The van der Waals surface area contributed by atoms with Gasteiger partial charge in [-0.3, -0.25) is 4.72 Å². The lowest BCUT2D eigenvalue weighted by atomic mass is 10.1. The number of hydrogen-bond acceptors (Lipinski definition) is 7. The number of carbonyl (C=O) groups excluding carboxylic acids is 1. The molecule has 0 unspecified atom stereocenters. The van der Waals surface area contributed by atoms with Gasteiger partial charge in [0.2, 0.25) is 20.0 Å². The van der Waals surface area contributed by atoms with E-state index in [1.54, 1.807) is 0 Å². The van der Waals surface area contributed by atoms with E-state index in [-0.39, 0.29) is 22.1 Å². The van der Waals surface area contributed by atoms with Crippen LogP contribution in [0.3, 0.4) is 0 Å². The van der Waals surface area contributed by atoms with Gasteiger partial charge in [0.25, 0.3) is 0 Å². The minimum Gasteiger partial charge on any atom is -0.495 e. The molecule has 9 nitrogen and oxygen atoms in total. The summed E-state index contributed by atoms with van der Waals surface area (Å²) in [4.78, 5) is 11.5. The summed E-state index contributed by atoms with van der Waals surface area (Å²) >= 11 is 0. The Hall–Kier alpha value is -2.63. The second-order valence-corrected chi connectivity index (χ2v) is 10.7. The van der Waals surface area contributed by atoms with Crippen molar-refractivity contribution in [2.24, 2.45) is 0 Å². The molecule has 0 radical (unpaired) electrons. The zero-order chi connectivity index (χ0) is 22.6. The molecule has 1 saturated heterocycles. The van der Waals surface area contributed by atoms with Crippen LogP contribution in [0.2, 0.25) is 0 Å². The predicted molar refractivity (Wildman–Crippen MR) is 115 cm³/mol. The van der Waals surface area contributed by atoms with Gasteiger partial charge in [-0.1, -0.05) is 12.1 Å². The number of anilines is 1. The first-order chi connectivity index (χ1) is 14.7. The maximum Gasteiger partial charge on any atom is 0.337 e. The molecule has 0 saturated carbocycles. The Morgan fingerprint density at radius 1 is 1.00 bits per heavy atom. The number of carbonyl (C=O) groups is 1. The molecule has 2 aromatic carbocycles. The monoisotopic (exact) mass is 468 g/mol. The van der Waals surface area contributed by atoms with Crippen LogP contribution in [0.1, 0.15) is 28.8 Å². The summed E-state index contributed by atoms with van der Waals surface area (Å²) in [5, 5.41) is 0. The van der Waals surface area contributed by atoms with Crippen molar-refractivity contribution in [2.75, 3.05) is 32.0 Å². The Labute approximate surface area is 182 Å². The maximum absolute atomic E-state index is 12.8. The van der Waals surface area contributed by atoms with Crippen LogP contribution in [-0.2, 0) is 30.5 Å². The number of nitrogens with zero attached hydrogens (tertiary/aromatic N) is 1. The first kappa shape index (κ1) is 23.0. The third-order valence-corrected chi connectivity index (χ3v) is 8.01. The number of sulfonamides is 2. The van der Waals surface area contributed by atoms with Crippen molar-refractivity contribution in [3.05, 3.63) is 53.6 Å². The molecule has 0 atom stereocenters. The molecule has 0 bridgehead atoms. The molecule has 0 amide bonds. The fourth-order valence-electron chi connectivity index (χ4n) is 3.28. The van der Waals surface area contributed by atoms with Gasteiger partial charge in [0.05, 0.1) is 36.1 Å². The summed E-state index contributed by atoms with van der Waals surface area (Å²) in [6, 6.07) is 10.1. The third kappa shape index (κ3) is 5.35. The van der Waals surface area contributed by atoms with E-state index in [1.165, 1.54) is 61.0 Å². The Morgan fingerprint density at radius 3 is 2.23 bits per heavy atom. The molecule has 2 aromatic rings. The van der Waals surface area contributed by atoms with E-state index in [1.807, 2.05) is 0 Å². The molecule has 3 rings (SSSR count). The van der Waals surface area contributed by atoms with Crippen LogP contribution in [0.5, 0.6) is 5.75 Å². The largest absolute Gasteiger partial charge is 0.495 e. The zero-order valence-electron chi connectivity index (χ0n) is 17.2. The van der Waals surface area contributed by atoms with E-state index < -0.39 is 26.0 Å². The molecular weight excluding hydrogens is 444 g/mol. The van der Waals surface area contributed by atoms with Crippen LogP contribution in [-0.4, -0.2) is 54.4 Å². The highest BCUT2D eigenvalue weighted by Gasteiger charge is 2.28. The Kier molecular flexibility index (Phi) is 6.87. The molecule has 0 aromatic heterocycles. The third-order valence-electron chi connectivity index (χ3n) is 4.87. The van der Waals surface area contributed by atoms with Crippen molar-refractivity contribution in [2.45, 2.75) is 23.5 Å². The number of methoxy groups -OCH3 is 2. The van der Waals surface area contributed by atoms with Crippen LogP contribution in [0, 0.1) is 0 Å². The van der Waals surface area contributed by atoms with Gasteiger partial charge in [0.1, 0.15) is 5.75 Å². The number of nitrogens with one attached hydrogen (secondary N) is 1. The molecule has 0 aliphatic carbocycles. The molecule has 1 aliphatic rings. The quantitative estimate of drug-likeness (QED) is 0.590. The number of hydrogen-bond donors (Lipinski definition) is 1. The summed E-state index contributed by atoms with van der Waals surface area (Å²) < 4.78 is 64.7. The van der Waals surface area contributed by atoms with Gasteiger partial charge in [0, 0.05) is 13.1 Å². The molecular formula is C20H24N2O7S2. The highest BCUT2D eigenvalue weighted by Crippen LogP contribution is 2.31. The van der Waals surface area contributed by atoms with Gasteiger partial charge >= 0.3 is 5.97 Å². The Balaban J connectivity index is 1.83. The average molecular weight is 469 g/mol. The number of benzene rings is 2. The summed E-state index contributed by atoms with van der Waals surface area (Å²) in [7, 11) is -4.98. The van der Waals surface area contributed by atoms with Gasteiger partial charge in [-0.05, 0) is 48.7 Å². The van der Waals surface area contributed by atoms with Gasteiger partial charge in [0.15, 0.2) is 0 Å². The number of esters is 1. The van der Waals surface area contributed by atoms with Crippen molar-refractivity contribution < 1.29 is 31.1 Å². The molecule has 11 heteroatoms. The van der Waals surface area contributed by atoms with Gasteiger partial charge in [-0.2, -0.15) is 4.31 Å². The summed E-state index contributed by atoms with van der Waals surface area (Å²) in [5.74, 6) is -0.695. The minimum absolute atomic E-state index is 0.00432. The van der Waals surface area contributed by atoms with E-state index in [9.17, 15) is 21.6 Å². The summed E-state index contributed by atoms with van der Waals surface area (Å²) in [5.41, 5.74) is 0.784. The van der Waals surface area contributed by atoms with Crippen LogP contribution < -0.4 is 9.46 Å². The topological polar surface area (TPSA) is 119 Å². The predicted octanol–water partition coefficient (Wildman–Crippen LogP) is 2.21. The standard InChI is InChI=1S/C20H24N2O7S2/c1-28-19-10-9-17(31(26,27)22-11-3-4-12-22)13-18(19)21-30(24,25)14-15-5-7-16(8-6-15)20(23)29-2/h5-10,13,21H,3-4,11-12,14H2,1-2H3. The lowest BCUT2D eigenvalue weighted by Gasteiger charge is -2.18. The average Bonchev–Trinajstić information content (AvgIpc) is 3.29. The highest BCUT2D eigenvalue weighted by molar-refractivity contribution is 7.92. The molecule has 1 N–H and O–H groups in total. The second-order valence-electron chi connectivity index (χ2n) is 7.02. The maximum atomic E-state index is 12.8. The lowest BCUT2D eigenvalue weighted by Crippen LogP contribution is -2.28. The smallest absolute Gasteiger partial charge is 0.337 e. The molecule has 1 aliphatic heterocycles. The number of ether oxygens (including phenoxy) is 2. The summed E-state index contributed by atoms with van der Waals surface area (Å²) in [6.45, 7) is 0.883. The fraction of sp³-hybridized carbons (Fsp3) is 0.350. The van der Waals surface area contributed by atoms with Crippen LogP contribution in [0.25, 0.3) is 0 Å². The van der Waals surface area contributed by atoms with E-state index in [0.29, 0.717) is 24.2 Å². The second kappa shape index (κ2) is 9.25. The molecule has 168 valence electrons. The van der Waals surface area contributed by atoms with Crippen molar-refractivity contribution in [3.63, 3.8) is 0 Å². The first-order valence-corrected chi connectivity index (χ1v) is 12.6. The molecule has 31 heavy (non-hydrogen) atoms. The first-order valence-electron chi connectivity index (χ1n) is 9.52. The molecule has 1 fully saturated rings. The lowest BCUT2D eigenvalue weighted by molar-refractivity contribution is 0.0600. The van der Waals surface area contributed by atoms with Crippen molar-refractivity contribution in [1.82, 2.24) is 4.31 Å². The fourth-order valence-corrected chi connectivity index (χ4v) is 6.02. The van der Waals surface area contributed by atoms with E-state index in [4.69, 9.17) is 4.74 Å². The molecule has 1 heterocycles. The van der Waals surface area contributed by atoms with Crippen LogP contribution >= 0.6 is 0 Å². The van der Waals surface area contributed by atoms with E-state index in [0.717, 1.165) is 12.8 Å². The zero-order valence-corrected chi connectivity index (χ0v) is 18.8.